The van der Waals surface area contributed by atoms with Gasteiger partial charge in [0.15, 0.2) is 5.67 Å². The van der Waals surface area contributed by atoms with Crippen LogP contribution in [0.2, 0.25) is 0 Å². The van der Waals surface area contributed by atoms with Gasteiger partial charge in [0.05, 0.1) is 6.26 Å². The molecule has 0 radical (unpaired) electrons. The molecule has 1 unspecified atom stereocenters. The number of fused-ring (bicyclic) bond motifs is 1. The first kappa shape index (κ1) is 22.0. The van der Waals surface area contributed by atoms with Crippen molar-refractivity contribution < 1.29 is 18.4 Å². The molecule has 3 aromatic rings. The molecule has 35 heavy (non-hydrogen) atoms. The molecule has 1 saturated carbocycles. The highest BCUT2D eigenvalue weighted by Crippen LogP contribution is 2.42. The minimum Gasteiger partial charge on any atom is -0.464 e. The van der Waals surface area contributed by atoms with Gasteiger partial charge in [-0.25, -0.2) is 4.39 Å². The number of hydrogen-bond donors (Lipinski definition) is 0. The van der Waals surface area contributed by atoms with Crippen LogP contribution in [-0.2, 0) is 9.59 Å². The Morgan fingerprint density at radius 3 is 2.54 bits per heavy atom. The van der Waals surface area contributed by atoms with Crippen molar-refractivity contribution in [2.45, 2.75) is 44.3 Å². The van der Waals surface area contributed by atoms with Crippen molar-refractivity contribution in [3.8, 4) is 11.1 Å². The van der Waals surface area contributed by atoms with Crippen molar-refractivity contribution in [1.82, 2.24) is 9.80 Å². The van der Waals surface area contributed by atoms with Gasteiger partial charge in [-0.1, -0.05) is 30.3 Å². The monoisotopic (exact) mass is 473 g/mol. The normalized spacial score (nSPS) is 22.7. The van der Waals surface area contributed by atoms with Gasteiger partial charge in [-0.05, 0) is 68.4 Å². The fourth-order valence-corrected chi connectivity index (χ4v) is 5.18. The zero-order valence-corrected chi connectivity index (χ0v) is 20.0. The third-order valence-corrected chi connectivity index (χ3v) is 7.42. The molecule has 0 N–H and O–H groups in total. The second kappa shape index (κ2) is 7.77. The largest absolute Gasteiger partial charge is 0.464 e. The quantitative estimate of drug-likeness (QED) is 0.534. The maximum atomic E-state index is 14.3. The Morgan fingerprint density at radius 1 is 1.09 bits per heavy atom. The van der Waals surface area contributed by atoms with E-state index in [1.807, 2.05) is 56.3 Å². The molecule has 2 amide bonds. The average Bonchev–Trinajstić information content (AvgIpc) is 3.18. The topological polar surface area (TPSA) is 66.1 Å². The molecule has 1 aliphatic carbocycles. The van der Waals surface area contributed by atoms with Crippen LogP contribution >= 0.6 is 0 Å². The van der Waals surface area contributed by atoms with Crippen molar-refractivity contribution in [3.63, 3.8) is 0 Å². The molecule has 0 bridgehead atoms. The van der Waals surface area contributed by atoms with E-state index in [1.165, 1.54) is 0 Å². The predicted octanol–water partition coefficient (Wildman–Crippen LogP) is 4.82. The maximum Gasteiger partial charge on any atom is 0.260 e. The maximum absolute atomic E-state index is 14.3. The van der Waals surface area contributed by atoms with E-state index >= 15 is 0 Å². The number of amides is 2. The lowest BCUT2D eigenvalue weighted by Gasteiger charge is -2.25. The number of carbonyl (C=O) groups is 2. The number of nitrogens with zero attached hydrogens (tertiary/aromatic N) is 3. The Kier molecular flexibility index (Phi) is 4.88. The van der Waals surface area contributed by atoms with Crippen LogP contribution in [0.15, 0.2) is 64.2 Å². The van der Waals surface area contributed by atoms with E-state index < -0.39 is 11.2 Å². The second-order valence-electron chi connectivity index (χ2n) is 10.5. The summed E-state index contributed by atoms with van der Waals surface area (Å²) in [5.74, 6) is 0.332. The van der Waals surface area contributed by atoms with Gasteiger partial charge in [0.1, 0.15) is 17.0 Å². The fourth-order valence-electron chi connectivity index (χ4n) is 5.18. The van der Waals surface area contributed by atoms with Crippen molar-refractivity contribution in [2.75, 3.05) is 19.6 Å². The molecule has 3 aliphatic rings. The summed E-state index contributed by atoms with van der Waals surface area (Å²) in [6, 6.07) is 16.1. The minimum absolute atomic E-state index is 0.0454. The first-order valence-electron chi connectivity index (χ1n) is 12.2. The summed E-state index contributed by atoms with van der Waals surface area (Å²) in [6.07, 6.45) is 3.10. The average molecular weight is 474 g/mol. The zero-order valence-electron chi connectivity index (χ0n) is 20.0. The Morgan fingerprint density at radius 2 is 1.80 bits per heavy atom. The second-order valence-corrected chi connectivity index (χ2v) is 10.5. The van der Waals surface area contributed by atoms with Crippen molar-refractivity contribution in [1.29, 1.82) is 0 Å². The molecule has 180 valence electrons. The summed E-state index contributed by atoms with van der Waals surface area (Å²) in [6.45, 7) is 5.16. The van der Waals surface area contributed by atoms with Gasteiger partial charge in [-0.15, -0.1) is 0 Å². The highest BCUT2D eigenvalue weighted by molar-refractivity contribution is 6.15. The van der Waals surface area contributed by atoms with Gasteiger partial charge in [0.2, 0.25) is 0 Å². The Bertz CT molecular complexity index is 1350. The van der Waals surface area contributed by atoms with Crippen molar-refractivity contribution >= 4 is 28.6 Å². The van der Waals surface area contributed by atoms with Gasteiger partial charge < -0.3 is 9.32 Å². The van der Waals surface area contributed by atoms with Gasteiger partial charge in [-0.3, -0.25) is 19.5 Å². The molecule has 1 aromatic heterocycles. The SMILES string of the molecule is CC1(C)N=C(c2ccc(-c3ccc4occc4c3)cc2)N(CC2CCN(C(=O)C3(F)CC3)C2)C1=O. The first-order chi connectivity index (χ1) is 16.7. The lowest BCUT2D eigenvalue weighted by molar-refractivity contribution is -0.137. The third kappa shape index (κ3) is 3.83. The van der Waals surface area contributed by atoms with E-state index in [2.05, 4.69) is 6.07 Å². The third-order valence-electron chi connectivity index (χ3n) is 7.42. The van der Waals surface area contributed by atoms with Crippen LogP contribution < -0.4 is 0 Å². The number of amidine groups is 1. The summed E-state index contributed by atoms with van der Waals surface area (Å²) < 4.78 is 19.7. The molecule has 2 aliphatic heterocycles. The van der Waals surface area contributed by atoms with Gasteiger partial charge in [0.25, 0.3) is 11.8 Å². The lowest BCUT2D eigenvalue weighted by Crippen LogP contribution is -2.43. The summed E-state index contributed by atoms with van der Waals surface area (Å²) in [5, 5.41) is 1.05. The first-order valence-corrected chi connectivity index (χ1v) is 12.2. The highest BCUT2D eigenvalue weighted by atomic mass is 19.1. The summed E-state index contributed by atoms with van der Waals surface area (Å²) >= 11 is 0. The van der Waals surface area contributed by atoms with Crippen LogP contribution in [-0.4, -0.2) is 58.3 Å². The molecule has 2 aromatic carbocycles. The Labute approximate surface area is 203 Å². The lowest BCUT2D eigenvalue weighted by atomic mass is 10.0. The van der Waals surface area contributed by atoms with Gasteiger partial charge in [0, 0.05) is 30.6 Å². The molecular weight excluding hydrogens is 445 g/mol. The minimum atomic E-state index is -1.64. The number of hydrogen-bond acceptors (Lipinski definition) is 4. The zero-order chi connectivity index (χ0) is 24.4. The summed E-state index contributed by atoms with van der Waals surface area (Å²) in [5.41, 5.74) is 1.40. The van der Waals surface area contributed by atoms with Crippen LogP contribution in [0.1, 0.15) is 38.7 Å². The molecule has 7 heteroatoms. The number of rotatable bonds is 5. The summed E-state index contributed by atoms with van der Waals surface area (Å²) in [7, 11) is 0. The van der Waals surface area contributed by atoms with E-state index in [-0.39, 0.29) is 17.7 Å². The number of halogens is 1. The van der Waals surface area contributed by atoms with Crippen LogP contribution in [0, 0.1) is 5.92 Å². The van der Waals surface area contributed by atoms with Crippen molar-refractivity contribution in [3.05, 3.63) is 60.4 Å². The molecule has 6 rings (SSSR count). The van der Waals surface area contributed by atoms with E-state index in [1.54, 1.807) is 16.1 Å². The molecule has 3 heterocycles. The smallest absolute Gasteiger partial charge is 0.260 e. The Hall–Kier alpha value is -3.48. The molecule has 1 atom stereocenters. The molecular formula is C28H28FN3O3. The standard InChI is InChI=1S/C28H28FN3O3/c1-27(2)25(33)32(17-18-9-13-31(16-18)26(34)28(29)11-12-28)24(30-27)20-5-3-19(4-6-20)21-7-8-23-22(15-21)10-14-35-23/h3-8,10,14-15,18H,9,11-13,16-17H2,1-2H3. The summed E-state index contributed by atoms with van der Waals surface area (Å²) in [4.78, 5) is 33.8. The van der Waals surface area contributed by atoms with Gasteiger partial charge in [-0.2, -0.15) is 0 Å². The fraction of sp³-hybridized carbons (Fsp3) is 0.393. The number of benzene rings is 2. The number of aliphatic imine (C=N–C) groups is 1. The van der Waals surface area contributed by atoms with E-state index in [0.717, 1.165) is 34.1 Å². The van der Waals surface area contributed by atoms with Crippen LogP contribution in [0.5, 0.6) is 0 Å². The van der Waals surface area contributed by atoms with E-state index in [0.29, 0.717) is 38.3 Å². The predicted molar refractivity (Wildman–Crippen MR) is 132 cm³/mol. The molecule has 1 saturated heterocycles. The number of furan rings is 1. The van der Waals surface area contributed by atoms with Crippen LogP contribution in [0.4, 0.5) is 4.39 Å². The van der Waals surface area contributed by atoms with Crippen LogP contribution in [0.3, 0.4) is 0 Å². The number of carbonyl (C=O) groups excluding carboxylic acids is 2. The highest BCUT2D eigenvalue weighted by Gasteiger charge is 2.53. The van der Waals surface area contributed by atoms with Crippen molar-refractivity contribution in [2.24, 2.45) is 10.9 Å². The molecule has 2 fully saturated rings. The van der Waals surface area contributed by atoms with E-state index in [4.69, 9.17) is 9.41 Å². The van der Waals surface area contributed by atoms with Gasteiger partial charge >= 0.3 is 0 Å². The Balaban J connectivity index is 1.21. The molecule has 0 spiro atoms. The number of alkyl halides is 1. The number of likely N-dealkylation sites (tertiary alicyclic amines) is 1. The van der Waals surface area contributed by atoms with E-state index in [9.17, 15) is 14.0 Å². The van der Waals surface area contributed by atoms with Crippen LogP contribution in [0.25, 0.3) is 22.1 Å². The molecule has 6 nitrogen and oxygen atoms in total.